The van der Waals surface area contributed by atoms with Crippen LogP contribution in [0.25, 0.3) is 0 Å². The van der Waals surface area contributed by atoms with Gasteiger partial charge >= 0.3 is 0 Å². The molecule has 0 spiro atoms. The number of amides is 1. The Kier molecular flexibility index (Phi) is 3.66. The highest BCUT2D eigenvalue weighted by Crippen LogP contribution is 2.09. The number of benzene rings is 1. The lowest BCUT2D eigenvalue weighted by molar-refractivity contribution is 0.0953. The number of hydrogen-bond acceptors (Lipinski definition) is 4. The standard InChI is InChI=1S/C14H15N3O2/c1-9(11-4-3-5-12(15)8-11)16-17-14(18)13-6-7-19-10(13)2/h3-8H,15H2,1-2H3,(H,17,18)/b16-9+. The molecule has 0 saturated heterocycles. The van der Waals surface area contributed by atoms with E-state index < -0.39 is 0 Å². The van der Waals surface area contributed by atoms with Crippen molar-refractivity contribution in [3.05, 3.63) is 53.5 Å². The maximum Gasteiger partial charge on any atom is 0.274 e. The number of nitrogens with zero attached hydrogens (tertiary/aromatic N) is 1. The number of aryl methyl sites for hydroxylation is 1. The fourth-order valence-electron chi connectivity index (χ4n) is 1.64. The molecule has 0 unspecified atom stereocenters. The predicted octanol–water partition coefficient (Wildman–Crippen LogP) is 2.32. The Morgan fingerprint density at radius 3 is 2.79 bits per heavy atom. The first kappa shape index (κ1) is 12.9. The molecule has 1 amide bonds. The largest absolute Gasteiger partial charge is 0.469 e. The lowest BCUT2D eigenvalue weighted by atomic mass is 10.1. The van der Waals surface area contributed by atoms with E-state index in [-0.39, 0.29) is 5.91 Å². The van der Waals surface area contributed by atoms with Crippen molar-refractivity contribution < 1.29 is 9.21 Å². The summed E-state index contributed by atoms with van der Waals surface area (Å²) < 4.78 is 5.07. The molecular formula is C14H15N3O2. The van der Waals surface area contributed by atoms with Gasteiger partial charge in [0.15, 0.2) is 0 Å². The van der Waals surface area contributed by atoms with Gasteiger partial charge in [-0.1, -0.05) is 12.1 Å². The van der Waals surface area contributed by atoms with Crippen LogP contribution < -0.4 is 11.2 Å². The van der Waals surface area contributed by atoms with E-state index in [0.29, 0.717) is 22.7 Å². The van der Waals surface area contributed by atoms with Crippen LogP contribution in [0, 0.1) is 6.92 Å². The number of carbonyl (C=O) groups is 1. The molecule has 0 atom stereocenters. The summed E-state index contributed by atoms with van der Waals surface area (Å²) in [6.07, 6.45) is 1.47. The van der Waals surface area contributed by atoms with Crippen molar-refractivity contribution in [2.24, 2.45) is 5.10 Å². The molecule has 0 aliphatic carbocycles. The summed E-state index contributed by atoms with van der Waals surface area (Å²) in [6, 6.07) is 8.92. The van der Waals surface area contributed by atoms with Gasteiger partial charge in [0.1, 0.15) is 5.76 Å². The molecule has 0 aliphatic heterocycles. The fraction of sp³-hybridized carbons (Fsp3) is 0.143. The van der Waals surface area contributed by atoms with Crippen LogP contribution in [0.15, 0.2) is 46.1 Å². The monoisotopic (exact) mass is 257 g/mol. The summed E-state index contributed by atoms with van der Waals surface area (Å²) in [5, 5.41) is 4.05. The first-order chi connectivity index (χ1) is 9.08. The SMILES string of the molecule is C/C(=N\NC(=O)c1ccoc1C)c1cccc(N)c1. The van der Waals surface area contributed by atoms with E-state index in [4.69, 9.17) is 10.2 Å². The second kappa shape index (κ2) is 5.39. The van der Waals surface area contributed by atoms with Crippen LogP contribution in [-0.4, -0.2) is 11.6 Å². The molecule has 1 aromatic carbocycles. The Morgan fingerprint density at radius 2 is 2.16 bits per heavy atom. The molecule has 1 aromatic heterocycles. The molecule has 0 radical (unpaired) electrons. The van der Waals surface area contributed by atoms with E-state index in [1.807, 2.05) is 12.1 Å². The molecule has 3 N–H and O–H groups in total. The van der Waals surface area contributed by atoms with Crippen LogP contribution in [0.3, 0.4) is 0 Å². The molecular weight excluding hydrogens is 242 g/mol. The highest BCUT2D eigenvalue weighted by atomic mass is 16.3. The molecule has 2 rings (SSSR count). The van der Waals surface area contributed by atoms with E-state index in [9.17, 15) is 4.79 Å². The Balaban J connectivity index is 2.11. The van der Waals surface area contributed by atoms with Crippen LogP contribution >= 0.6 is 0 Å². The second-order valence-corrected chi connectivity index (χ2v) is 4.15. The molecule has 0 aliphatic rings. The number of anilines is 1. The predicted molar refractivity (Wildman–Crippen MR) is 74.0 cm³/mol. The molecule has 0 saturated carbocycles. The summed E-state index contributed by atoms with van der Waals surface area (Å²) in [7, 11) is 0. The van der Waals surface area contributed by atoms with Gasteiger partial charge in [-0.3, -0.25) is 4.79 Å². The quantitative estimate of drug-likeness (QED) is 0.503. The molecule has 5 nitrogen and oxygen atoms in total. The average molecular weight is 257 g/mol. The van der Waals surface area contributed by atoms with Crippen LogP contribution in [-0.2, 0) is 0 Å². The number of nitrogen functional groups attached to an aromatic ring is 1. The van der Waals surface area contributed by atoms with Crippen molar-refractivity contribution in [3.63, 3.8) is 0 Å². The summed E-state index contributed by atoms with van der Waals surface area (Å²) >= 11 is 0. The van der Waals surface area contributed by atoms with Gasteiger partial charge in [-0.25, -0.2) is 5.43 Å². The van der Waals surface area contributed by atoms with Crippen LogP contribution in [0.4, 0.5) is 5.69 Å². The van der Waals surface area contributed by atoms with Gasteiger partial charge in [-0.15, -0.1) is 0 Å². The molecule has 2 aromatic rings. The van der Waals surface area contributed by atoms with Gasteiger partial charge in [0.25, 0.3) is 5.91 Å². The van der Waals surface area contributed by atoms with E-state index in [2.05, 4.69) is 10.5 Å². The van der Waals surface area contributed by atoms with Gasteiger partial charge in [-0.05, 0) is 37.6 Å². The van der Waals surface area contributed by atoms with Crippen molar-refractivity contribution in [3.8, 4) is 0 Å². The molecule has 98 valence electrons. The Labute approximate surface area is 111 Å². The normalized spacial score (nSPS) is 11.4. The van der Waals surface area contributed by atoms with Crippen molar-refractivity contribution in [1.29, 1.82) is 0 Å². The number of furan rings is 1. The van der Waals surface area contributed by atoms with E-state index in [1.165, 1.54) is 6.26 Å². The molecule has 19 heavy (non-hydrogen) atoms. The zero-order valence-corrected chi connectivity index (χ0v) is 10.8. The van der Waals surface area contributed by atoms with Crippen LogP contribution in [0.1, 0.15) is 28.6 Å². The summed E-state index contributed by atoms with van der Waals surface area (Å²) in [6.45, 7) is 3.53. The van der Waals surface area contributed by atoms with Gasteiger partial charge in [0.2, 0.25) is 0 Å². The van der Waals surface area contributed by atoms with Gasteiger partial charge in [-0.2, -0.15) is 5.10 Å². The number of hydrazone groups is 1. The fourth-order valence-corrected chi connectivity index (χ4v) is 1.64. The van der Waals surface area contributed by atoms with Gasteiger partial charge < -0.3 is 10.2 Å². The topological polar surface area (TPSA) is 80.6 Å². The van der Waals surface area contributed by atoms with Gasteiger partial charge in [0, 0.05) is 5.69 Å². The van der Waals surface area contributed by atoms with Crippen molar-refractivity contribution >= 4 is 17.3 Å². The Hall–Kier alpha value is -2.56. The second-order valence-electron chi connectivity index (χ2n) is 4.15. The lowest BCUT2D eigenvalue weighted by Gasteiger charge is -2.03. The maximum atomic E-state index is 11.8. The minimum Gasteiger partial charge on any atom is -0.469 e. The van der Waals surface area contributed by atoms with E-state index in [1.54, 1.807) is 32.0 Å². The van der Waals surface area contributed by atoms with E-state index in [0.717, 1.165) is 5.56 Å². The maximum absolute atomic E-state index is 11.8. The zero-order valence-electron chi connectivity index (χ0n) is 10.8. The van der Waals surface area contributed by atoms with Crippen molar-refractivity contribution in [2.75, 3.05) is 5.73 Å². The van der Waals surface area contributed by atoms with Crippen LogP contribution in [0.5, 0.6) is 0 Å². The molecule has 0 bridgehead atoms. The molecule has 5 heteroatoms. The number of rotatable bonds is 3. The summed E-state index contributed by atoms with van der Waals surface area (Å²) in [5.41, 5.74) is 10.9. The first-order valence-electron chi connectivity index (χ1n) is 5.82. The first-order valence-corrected chi connectivity index (χ1v) is 5.82. The van der Waals surface area contributed by atoms with Gasteiger partial charge in [0.05, 0.1) is 17.5 Å². The third-order valence-electron chi connectivity index (χ3n) is 2.73. The molecule has 0 fully saturated rings. The highest BCUT2D eigenvalue weighted by Gasteiger charge is 2.10. The van der Waals surface area contributed by atoms with Crippen molar-refractivity contribution in [2.45, 2.75) is 13.8 Å². The minimum atomic E-state index is -0.297. The number of hydrogen-bond donors (Lipinski definition) is 2. The third-order valence-corrected chi connectivity index (χ3v) is 2.73. The summed E-state index contributed by atoms with van der Waals surface area (Å²) in [4.78, 5) is 11.8. The zero-order chi connectivity index (χ0) is 13.8. The summed E-state index contributed by atoms with van der Waals surface area (Å²) in [5.74, 6) is 0.267. The van der Waals surface area contributed by atoms with E-state index >= 15 is 0 Å². The number of nitrogens with one attached hydrogen (secondary N) is 1. The average Bonchev–Trinajstić information content (AvgIpc) is 2.82. The smallest absolute Gasteiger partial charge is 0.274 e. The lowest BCUT2D eigenvalue weighted by Crippen LogP contribution is -2.19. The Bertz CT molecular complexity index is 629. The minimum absolute atomic E-state index is 0.297. The number of nitrogens with two attached hydrogens (primary N) is 1. The highest BCUT2D eigenvalue weighted by molar-refractivity contribution is 6.01. The molecule has 1 heterocycles. The van der Waals surface area contributed by atoms with Crippen molar-refractivity contribution in [1.82, 2.24) is 5.43 Å². The third kappa shape index (κ3) is 3.01. The number of carbonyl (C=O) groups excluding carboxylic acids is 1. The van der Waals surface area contributed by atoms with Crippen LogP contribution in [0.2, 0.25) is 0 Å². The Morgan fingerprint density at radius 1 is 1.37 bits per heavy atom.